The Morgan fingerprint density at radius 2 is 0.963 bits per heavy atom. The van der Waals surface area contributed by atoms with Gasteiger partial charge in [-0.05, 0) is 98.6 Å². The van der Waals surface area contributed by atoms with Crippen molar-refractivity contribution >= 4 is 49.7 Å². The minimum Gasteiger partial charge on any atom is -0.436 e. The SMILES string of the molecule is c1ccc(-c2ccc(N(c3ccc4ccc(-c5cccc6ccc7oc(-c8ccccc8)nc7c56)cc4c3)c3ccccc3-c3ccccc3)cc2)cc1. The van der Waals surface area contributed by atoms with Gasteiger partial charge in [-0.1, -0.05) is 152 Å². The summed E-state index contributed by atoms with van der Waals surface area (Å²) in [7, 11) is 0. The van der Waals surface area contributed by atoms with E-state index in [9.17, 15) is 0 Å². The Morgan fingerprint density at radius 3 is 1.74 bits per heavy atom. The molecule has 0 unspecified atom stereocenters. The highest BCUT2D eigenvalue weighted by atomic mass is 16.3. The Balaban J connectivity index is 1.13. The van der Waals surface area contributed by atoms with Crippen LogP contribution in [0.2, 0.25) is 0 Å². The van der Waals surface area contributed by atoms with Crippen LogP contribution in [0.15, 0.2) is 211 Å². The Morgan fingerprint density at radius 1 is 0.370 bits per heavy atom. The van der Waals surface area contributed by atoms with Crippen molar-refractivity contribution in [2.45, 2.75) is 0 Å². The molecule has 10 rings (SSSR count). The molecule has 0 aliphatic rings. The summed E-state index contributed by atoms with van der Waals surface area (Å²) in [6.45, 7) is 0. The average molecular weight is 691 g/mol. The summed E-state index contributed by atoms with van der Waals surface area (Å²) in [5, 5.41) is 4.55. The van der Waals surface area contributed by atoms with Crippen LogP contribution in [0.25, 0.3) is 77.5 Å². The zero-order valence-electron chi connectivity index (χ0n) is 29.4. The van der Waals surface area contributed by atoms with Gasteiger partial charge in [0, 0.05) is 27.9 Å². The van der Waals surface area contributed by atoms with Gasteiger partial charge >= 0.3 is 0 Å². The fourth-order valence-electron chi connectivity index (χ4n) is 7.64. The van der Waals surface area contributed by atoms with Crippen LogP contribution in [0.4, 0.5) is 17.1 Å². The number of oxazole rings is 1. The number of hydrogen-bond donors (Lipinski definition) is 0. The molecule has 0 saturated heterocycles. The summed E-state index contributed by atoms with van der Waals surface area (Å²) in [4.78, 5) is 7.43. The maximum absolute atomic E-state index is 6.31. The maximum Gasteiger partial charge on any atom is 0.227 e. The predicted octanol–water partition coefficient (Wildman–Crippen LogP) is 14.3. The molecule has 3 heteroatoms. The predicted molar refractivity (Wildman–Crippen MR) is 225 cm³/mol. The van der Waals surface area contributed by atoms with E-state index in [0.29, 0.717) is 5.89 Å². The first kappa shape index (κ1) is 31.5. The molecule has 0 amide bonds. The first-order chi connectivity index (χ1) is 26.8. The number of anilines is 3. The van der Waals surface area contributed by atoms with Crippen LogP contribution in [-0.2, 0) is 0 Å². The van der Waals surface area contributed by atoms with Crippen molar-refractivity contribution in [2.24, 2.45) is 0 Å². The van der Waals surface area contributed by atoms with Crippen molar-refractivity contribution in [2.75, 3.05) is 4.90 Å². The van der Waals surface area contributed by atoms with Crippen molar-refractivity contribution in [3.63, 3.8) is 0 Å². The van der Waals surface area contributed by atoms with Gasteiger partial charge in [-0.15, -0.1) is 0 Å². The van der Waals surface area contributed by atoms with Gasteiger partial charge in [0.1, 0.15) is 5.52 Å². The molecule has 0 atom stereocenters. The summed E-state index contributed by atoms with van der Waals surface area (Å²) in [5.41, 5.74) is 12.9. The average Bonchev–Trinajstić information content (AvgIpc) is 3.70. The van der Waals surface area contributed by atoms with Crippen LogP contribution in [0.5, 0.6) is 0 Å². The Kier molecular flexibility index (Phi) is 7.81. The molecule has 54 heavy (non-hydrogen) atoms. The molecule has 0 radical (unpaired) electrons. The third kappa shape index (κ3) is 5.69. The van der Waals surface area contributed by atoms with Gasteiger partial charge in [0.15, 0.2) is 5.58 Å². The third-order valence-electron chi connectivity index (χ3n) is 10.3. The van der Waals surface area contributed by atoms with Gasteiger partial charge in [-0.3, -0.25) is 0 Å². The molecule has 0 saturated carbocycles. The van der Waals surface area contributed by atoms with E-state index < -0.39 is 0 Å². The quantitative estimate of drug-likeness (QED) is 0.167. The Hall–Kier alpha value is -7.23. The minimum absolute atomic E-state index is 0.628. The molecule has 0 bridgehead atoms. The molecule has 1 aromatic heterocycles. The summed E-state index contributed by atoms with van der Waals surface area (Å²) in [6, 6.07) is 73.0. The van der Waals surface area contributed by atoms with Gasteiger partial charge in [0.25, 0.3) is 0 Å². The molecule has 0 fully saturated rings. The largest absolute Gasteiger partial charge is 0.436 e. The van der Waals surface area contributed by atoms with E-state index in [1.54, 1.807) is 0 Å². The maximum atomic E-state index is 6.31. The van der Waals surface area contributed by atoms with Crippen molar-refractivity contribution in [1.82, 2.24) is 4.98 Å². The van der Waals surface area contributed by atoms with Crippen LogP contribution in [0.1, 0.15) is 0 Å². The second kappa shape index (κ2) is 13.4. The normalized spacial score (nSPS) is 11.3. The van der Waals surface area contributed by atoms with Crippen molar-refractivity contribution in [1.29, 1.82) is 0 Å². The van der Waals surface area contributed by atoms with Gasteiger partial charge in [0.05, 0.1) is 5.69 Å². The zero-order chi connectivity index (χ0) is 35.8. The zero-order valence-corrected chi connectivity index (χ0v) is 29.4. The first-order valence-electron chi connectivity index (χ1n) is 18.3. The second-order valence-electron chi connectivity index (χ2n) is 13.6. The van der Waals surface area contributed by atoms with E-state index in [4.69, 9.17) is 9.40 Å². The number of hydrogen-bond acceptors (Lipinski definition) is 3. The smallest absolute Gasteiger partial charge is 0.227 e. The van der Waals surface area contributed by atoms with Gasteiger partial charge in [-0.25, -0.2) is 4.98 Å². The highest BCUT2D eigenvalue weighted by Crippen LogP contribution is 2.43. The van der Waals surface area contributed by atoms with Crippen LogP contribution >= 0.6 is 0 Å². The molecule has 0 aliphatic carbocycles. The van der Waals surface area contributed by atoms with E-state index in [1.807, 2.05) is 36.4 Å². The standard InChI is InChI=1S/C51H34N2O/c1-4-13-35(14-5-1)36-25-29-43(30-26-36)53(47-22-11-10-20-45(47)38-15-6-2-7-16-38)44-31-27-37-23-24-41(33-42(37)34-44)46-21-12-19-39-28-32-48-50(49(39)46)52-51(54-48)40-17-8-3-9-18-40/h1-34H. The monoisotopic (exact) mass is 690 g/mol. The lowest BCUT2D eigenvalue weighted by molar-refractivity contribution is 0.620. The highest BCUT2D eigenvalue weighted by molar-refractivity contribution is 6.12. The van der Waals surface area contributed by atoms with E-state index in [0.717, 1.165) is 61.0 Å². The lowest BCUT2D eigenvalue weighted by Crippen LogP contribution is -2.11. The van der Waals surface area contributed by atoms with E-state index in [-0.39, 0.29) is 0 Å². The molecule has 0 N–H and O–H groups in total. The van der Waals surface area contributed by atoms with Crippen LogP contribution in [-0.4, -0.2) is 4.98 Å². The fourth-order valence-corrected chi connectivity index (χ4v) is 7.64. The second-order valence-corrected chi connectivity index (χ2v) is 13.6. The molecule has 254 valence electrons. The number of rotatable bonds is 7. The third-order valence-corrected chi connectivity index (χ3v) is 10.3. The number of aromatic nitrogens is 1. The topological polar surface area (TPSA) is 29.3 Å². The number of fused-ring (bicyclic) bond motifs is 4. The number of nitrogens with zero attached hydrogens (tertiary/aromatic N) is 2. The summed E-state index contributed by atoms with van der Waals surface area (Å²) >= 11 is 0. The van der Waals surface area contributed by atoms with Gasteiger partial charge in [0.2, 0.25) is 5.89 Å². The van der Waals surface area contributed by atoms with Crippen molar-refractivity contribution in [3.05, 3.63) is 206 Å². The molecule has 3 nitrogen and oxygen atoms in total. The minimum atomic E-state index is 0.628. The van der Waals surface area contributed by atoms with Crippen molar-refractivity contribution in [3.8, 4) is 44.8 Å². The van der Waals surface area contributed by atoms with E-state index >= 15 is 0 Å². The van der Waals surface area contributed by atoms with Gasteiger partial charge < -0.3 is 9.32 Å². The van der Waals surface area contributed by atoms with Crippen LogP contribution in [0, 0.1) is 0 Å². The first-order valence-corrected chi connectivity index (χ1v) is 18.3. The van der Waals surface area contributed by atoms with Crippen LogP contribution in [0.3, 0.4) is 0 Å². The van der Waals surface area contributed by atoms with E-state index in [1.165, 1.54) is 27.6 Å². The lowest BCUT2D eigenvalue weighted by atomic mass is 9.95. The lowest BCUT2D eigenvalue weighted by Gasteiger charge is -2.28. The summed E-state index contributed by atoms with van der Waals surface area (Å²) in [6.07, 6.45) is 0. The molecular weight excluding hydrogens is 657 g/mol. The fraction of sp³-hybridized carbons (Fsp3) is 0. The Bertz CT molecular complexity index is 2920. The summed E-state index contributed by atoms with van der Waals surface area (Å²) < 4.78 is 6.31. The Labute approximate surface area is 314 Å². The highest BCUT2D eigenvalue weighted by Gasteiger charge is 2.19. The molecule has 1 heterocycles. The molecule has 0 aliphatic heterocycles. The molecular formula is C51H34N2O. The summed E-state index contributed by atoms with van der Waals surface area (Å²) in [5.74, 6) is 0.628. The molecule has 10 aromatic rings. The molecule has 9 aromatic carbocycles. The van der Waals surface area contributed by atoms with Crippen LogP contribution < -0.4 is 4.90 Å². The molecule has 0 spiro atoms. The van der Waals surface area contributed by atoms with E-state index in [2.05, 4.69) is 175 Å². The number of para-hydroxylation sites is 1. The number of benzene rings is 9. The van der Waals surface area contributed by atoms with Crippen molar-refractivity contribution < 1.29 is 4.42 Å². The van der Waals surface area contributed by atoms with Gasteiger partial charge in [-0.2, -0.15) is 0 Å².